The second-order valence-electron chi connectivity index (χ2n) is 6.41. The van der Waals surface area contributed by atoms with Crippen molar-refractivity contribution in [1.29, 1.82) is 0 Å². The first kappa shape index (κ1) is 16.8. The average Bonchev–Trinajstić information content (AvgIpc) is 2.91. The molecule has 1 atom stereocenters. The molecule has 1 aliphatic rings. The Morgan fingerprint density at radius 2 is 1.88 bits per heavy atom. The van der Waals surface area contributed by atoms with Gasteiger partial charge in [-0.25, -0.2) is 5.01 Å². The first-order chi connectivity index (χ1) is 11.3. The van der Waals surface area contributed by atoms with Gasteiger partial charge in [0.2, 0.25) is 5.91 Å². The van der Waals surface area contributed by atoms with Gasteiger partial charge in [0.05, 0.1) is 0 Å². The number of carbonyl (C=O) groups excluding carboxylic acids is 1. The summed E-state index contributed by atoms with van der Waals surface area (Å²) in [6.07, 6.45) is -4.40. The second kappa shape index (κ2) is 6.09. The number of nitrogens with zero attached hydrogens (tertiary/aromatic N) is 1. The van der Waals surface area contributed by atoms with Gasteiger partial charge in [-0.15, -0.1) is 0 Å². The van der Waals surface area contributed by atoms with Gasteiger partial charge in [0.25, 0.3) is 0 Å². The quantitative estimate of drug-likeness (QED) is 0.906. The molecule has 3 rings (SSSR count). The van der Waals surface area contributed by atoms with E-state index in [1.807, 2.05) is 38.1 Å². The van der Waals surface area contributed by atoms with Crippen LogP contribution >= 0.6 is 0 Å². The largest absolute Gasteiger partial charge is 0.409 e. The molecule has 24 heavy (non-hydrogen) atoms. The molecule has 6 heteroatoms. The third-order valence-corrected chi connectivity index (χ3v) is 4.32. The van der Waals surface area contributed by atoms with Crippen molar-refractivity contribution in [1.82, 2.24) is 10.4 Å². The fraction of sp³-hybridized carbons (Fsp3) is 0.389. The van der Waals surface area contributed by atoms with E-state index in [0.29, 0.717) is 0 Å². The third-order valence-electron chi connectivity index (χ3n) is 4.32. The maximum atomic E-state index is 13.7. The predicted octanol–water partition coefficient (Wildman–Crippen LogP) is 4.30. The van der Waals surface area contributed by atoms with E-state index in [4.69, 9.17) is 0 Å². The van der Waals surface area contributed by atoms with Gasteiger partial charge in [0.1, 0.15) is 6.04 Å². The van der Waals surface area contributed by atoms with Crippen molar-refractivity contribution in [2.24, 2.45) is 0 Å². The second-order valence-corrected chi connectivity index (χ2v) is 6.41. The number of fused-ring (bicyclic) bond motifs is 1. The molecule has 1 fully saturated rings. The van der Waals surface area contributed by atoms with E-state index < -0.39 is 12.2 Å². The molecule has 1 heterocycles. The summed E-state index contributed by atoms with van der Waals surface area (Å²) in [5.41, 5.74) is 3.37. The van der Waals surface area contributed by atoms with Crippen molar-refractivity contribution in [2.75, 3.05) is 6.54 Å². The Hall–Kier alpha value is -2.08. The van der Waals surface area contributed by atoms with Gasteiger partial charge in [0.15, 0.2) is 0 Å². The molecule has 0 aromatic heterocycles. The summed E-state index contributed by atoms with van der Waals surface area (Å²) in [6.45, 7) is 3.98. The van der Waals surface area contributed by atoms with Crippen LogP contribution in [0.3, 0.4) is 0 Å². The van der Waals surface area contributed by atoms with Crippen LogP contribution in [0.2, 0.25) is 0 Å². The number of rotatable bonds is 3. The van der Waals surface area contributed by atoms with E-state index >= 15 is 0 Å². The number of carbonyl (C=O) groups is 1. The average molecular weight is 336 g/mol. The lowest BCUT2D eigenvalue weighted by Gasteiger charge is -2.30. The molecule has 0 spiro atoms. The fourth-order valence-electron chi connectivity index (χ4n) is 3.23. The molecule has 0 bridgehead atoms. The van der Waals surface area contributed by atoms with Crippen LogP contribution in [-0.2, 0) is 4.79 Å². The number of benzene rings is 2. The van der Waals surface area contributed by atoms with Gasteiger partial charge in [-0.05, 0) is 33.9 Å². The van der Waals surface area contributed by atoms with Crippen molar-refractivity contribution in [3.8, 4) is 0 Å². The van der Waals surface area contributed by atoms with E-state index in [1.54, 1.807) is 12.1 Å². The lowest BCUT2D eigenvalue weighted by Crippen LogP contribution is -2.43. The van der Waals surface area contributed by atoms with Crippen molar-refractivity contribution >= 4 is 16.7 Å². The Kier molecular flexibility index (Phi) is 4.25. The lowest BCUT2D eigenvalue weighted by molar-refractivity contribution is -0.191. The molecule has 1 unspecified atom stereocenters. The van der Waals surface area contributed by atoms with Gasteiger partial charge >= 0.3 is 6.18 Å². The zero-order valence-electron chi connectivity index (χ0n) is 13.5. The Morgan fingerprint density at radius 3 is 2.46 bits per heavy atom. The smallest absolute Gasteiger partial charge is 0.288 e. The van der Waals surface area contributed by atoms with Crippen molar-refractivity contribution < 1.29 is 18.0 Å². The van der Waals surface area contributed by atoms with Crippen LogP contribution in [0.5, 0.6) is 0 Å². The van der Waals surface area contributed by atoms with Crippen molar-refractivity contribution in [3.05, 3.63) is 47.5 Å². The molecule has 1 saturated heterocycles. The van der Waals surface area contributed by atoms with Crippen LogP contribution in [0.15, 0.2) is 36.4 Å². The van der Waals surface area contributed by atoms with E-state index in [0.717, 1.165) is 21.3 Å². The molecule has 1 aliphatic heterocycles. The van der Waals surface area contributed by atoms with E-state index in [1.165, 1.54) is 0 Å². The number of alkyl halides is 3. The SMILES string of the molecule is CC(C)c1cc(C(N2CCC(=O)N2)C(F)(F)F)cc2ccccc12. The highest BCUT2D eigenvalue weighted by Gasteiger charge is 2.47. The van der Waals surface area contributed by atoms with Crippen LogP contribution in [-0.4, -0.2) is 23.6 Å². The molecule has 1 amide bonds. The number of amides is 1. The molecule has 1 N–H and O–H groups in total. The molecule has 0 radical (unpaired) electrons. The Morgan fingerprint density at radius 1 is 1.17 bits per heavy atom. The highest BCUT2D eigenvalue weighted by atomic mass is 19.4. The molecular weight excluding hydrogens is 317 g/mol. The minimum Gasteiger partial charge on any atom is -0.288 e. The summed E-state index contributed by atoms with van der Waals surface area (Å²) in [7, 11) is 0. The molecule has 2 aromatic rings. The number of nitrogens with one attached hydrogen (secondary N) is 1. The van der Waals surface area contributed by atoms with Gasteiger partial charge in [-0.2, -0.15) is 13.2 Å². The van der Waals surface area contributed by atoms with E-state index in [9.17, 15) is 18.0 Å². The number of hydrogen-bond acceptors (Lipinski definition) is 2. The fourth-order valence-corrected chi connectivity index (χ4v) is 3.23. The normalized spacial score (nSPS) is 17.5. The highest BCUT2D eigenvalue weighted by Crippen LogP contribution is 2.40. The molecule has 2 aromatic carbocycles. The molecule has 0 aliphatic carbocycles. The maximum absolute atomic E-state index is 13.7. The molecular formula is C18H19F3N2O. The number of halogens is 3. The monoisotopic (exact) mass is 336 g/mol. The summed E-state index contributed by atoms with van der Waals surface area (Å²) in [4.78, 5) is 11.4. The van der Waals surface area contributed by atoms with Gasteiger partial charge in [-0.1, -0.05) is 44.2 Å². The number of hydrazine groups is 1. The minimum absolute atomic E-state index is 0.0485. The van der Waals surface area contributed by atoms with Crippen molar-refractivity contribution in [2.45, 2.75) is 38.4 Å². The zero-order chi connectivity index (χ0) is 17.5. The van der Waals surface area contributed by atoms with Gasteiger partial charge in [0, 0.05) is 13.0 Å². The standard InChI is InChI=1S/C18H19F3N2O/c1-11(2)15-10-13(9-12-5-3-4-6-14(12)15)17(18(19,20)21)23-8-7-16(24)22-23/h3-6,9-11,17H,7-8H2,1-2H3,(H,22,24). The molecule has 3 nitrogen and oxygen atoms in total. The molecule has 0 saturated carbocycles. The first-order valence-electron chi connectivity index (χ1n) is 7.93. The zero-order valence-corrected chi connectivity index (χ0v) is 13.5. The summed E-state index contributed by atoms with van der Waals surface area (Å²) >= 11 is 0. The summed E-state index contributed by atoms with van der Waals surface area (Å²) in [5, 5.41) is 2.73. The van der Waals surface area contributed by atoms with Crippen LogP contribution in [0.1, 0.15) is 43.4 Å². The van der Waals surface area contributed by atoms with E-state index in [2.05, 4.69) is 5.43 Å². The Balaban J connectivity index is 2.15. The highest BCUT2D eigenvalue weighted by molar-refractivity contribution is 5.87. The van der Waals surface area contributed by atoms with Crippen LogP contribution in [0, 0.1) is 0 Å². The van der Waals surface area contributed by atoms with Crippen LogP contribution < -0.4 is 5.43 Å². The summed E-state index contributed by atoms with van der Waals surface area (Å²) in [5.74, 6) is -0.286. The lowest BCUT2D eigenvalue weighted by atomic mass is 9.91. The predicted molar refractivity (Wildman–Crippen MR) is 86.3 cm³/mol. The first-order valence-corrected chi connectivity index (χ1v) is 7.93. The topological polar surface area (TPSA) is 32.3 Å². The van der Waals surface area contributed by atoms with Gasteiger partial charge in [-0.3, -0.25) is 10.2 Å². The minimum atomic E-state index is -4.48. The Labute approximate surface area is 138 Å². The summed E-state index contributed by atoms with van der Waals surface area (Å²) < 4.78 is 41.2. The number of hydrogen-bond donors (Lipinski definition) is 1. The Bertz CT molecular complexity index is 770. The van der Waals surface area contributed by atoms with E-state index in [-0.39, 0.29) is 30.4 Å². The van der Waals surface area contributed by atoms with Crippen LogP contribution in [0.4, 0.5) is 13.2 Å². The van der Waals surface area contributed by atoms with Crippen molar-refractivity contribution in [3.63, 3.8) is 0 Å². The maximum Gasteiger partial charge on any atom is 0.409 e. The van der Waals surface area contributed by atoms with Crippen LogP contribution in [0.25, 0.3) is 10.8 Å². The van der Waals surface area contributed by atoms with Gasteiger partial charge < -0.3 is 0 Å². The third kappa shape index (κ3) is 3.11. The molecule has 128 valence electrons. The summed E-state index contributed by atoms with van der Waals surface area (Å²) in [6, 6.07) is 8.80.